The molecule has 1 aliphatic heterocycles. The molecule has 1 aromatic heterocycles. The van der Waals surface area contributed by atoms with Crippen LogP contribution in [0.2, 0.25) is 0 Å². The van der Waals surface area contributed by atoms with Crippen LogP contribution in [0, 0.1) is 5.92 Å². The first-order valence-corrected chi connectivity index (χ1v) is 9.80. The Morgan fingerprint density at radius 3 is 2.83 bits per heavy atom. The molecule has 0 spiro atoms. The van der Waals surface area contributed by atoms with Crippen molar-refractivity contribution in [2.45, 2.75) is 32.1 Å². The summed E-state index contributed by atoms with van der Waals surface area (Å²) in [7, 11) is 2.04. The van der Waals surface area contributed by atoms with Crippen LogP contribution in [0.1, 0.15) is 37.9 Å². The van der Waals surface area contributed by atoms with Crippen LogP contribution in [0.15, 0.2) is 29.3 Å². The highest BCUT2D eigenvalue weighted by molar-refractivity contribution is 8.03. The summed E-state index contributed by atoms with van der Waals surface area (Å²) >= 11 is 1.77. The molecule has 4 rings (SSSR count). The summed E-state index contributed by atoms with van der Waals surface area (Å²) < 4.78 is 2.10. The van der Waals surface area contributed by atoms with E-state index in [-0.39, 0.29) is 5.92 Å². The van der Waals surface area contributed by atoms with Crippen molar-refractivity contribution >= 4 is 34.8 Å². The summed E-state index contributed by atoms with van der Waals surface area (Å²) in [6.07, 6.45) is 7.86. The molecule has 1 amide bonds. The Morgan fingerprint density at radius 2 is 2.04 bits per heavy atom. The van der Waals surface area contributed by atoms with E-state index in [1.807, 2.05) is 30.1 Å². The Bertz CT molecular complexity index is 789. The largest absolute Gasteiger partial charge is 0.328 e. The molecule has 0 atom stereocenters. The monoisotopic (exact) mass is 341 g/mol. The van der Waals surface area contributed by atoms with Gasteiger partial charge in [-0.05, 0) is 25.0 Å². The van der Waals surface area contributed by atoms with Crippen LogP contribution < -0.4 is 0 Å². The smallest absolute Gasteiger partial charge is 0.230 e. The van der Waals surface area contributed by atoms with Gasteiger partial charge in [0.2, 0.25) is 5.91 Å². The van der Waals surface area contributed by atoms with Gasteiger partial charge < -0.3 is 9.47 Å². The van der Waals surface area contributed by atoms with Crippen LogP contribution in [0.25, 0.3) is 17.1 Å². The van der Waals surface area contributed by atoms with Gasteiger partial charge in [-0.15, -0.1) is 11.8 Å². The summed E-state index contributed by atoms with van der Waals surface area (Å²) in [5.74, 6) is 2.45. The number of nitrogens with zero attached hydrogens (tertiary/aromatic N) is 3. The summed E-state index contributed by atoms with van der Waals surface area (Å²) in [5, 5.41) is 1.06. The van der Waals surface area contributed by atoms with Crippen LogP contribution in [0.5, 0.6) is 0 Å². The van der Waals surface area contributed by atoms with E-state index in [1.54, 1.807) is 11.8 Å². The maximum atomic E-state index is 12.9. The predicted octanol–water partition coefficient (Wildman–Crippen LogP) is 4.03. The minimum absolute atomic E-state index is 0.223. The van der Waals surface area contributed by atoms with Crippen molar-refractivity contribution in [3.05, 3.63) is 35.1 Å². The Kier molecular flexibility index (Phi) is 4.35. The highest BCUT2D eigenvalue weighted by atomic mass is 32.2. The number of aryl methyl sites for hydroxylation is 1. The van der Waals surface area contributed by atoms with Crippen LogP contribution in [-0.4, -0.2) is 32.7 Å². The zero-order valence-electron chi connectivity index (χ0n) is 14.1. The average molecular weight is 341 g/mol. The van der Waals surface area contributed by atoms with E-state index < -0.39 is 0 Å². The molecule has 4 nitrogen and oxygen atoms in total. The topological polar surface area (TPSA) is 38.1 Å². The molecule has 2 aliphatic rings. The fraction of sp³-hybridized carbons (Fsp3) is 0.474. The number of carbonyl (C=O) groups is 1. The van der Waals surface area contributed by atoms with E-state index in [4.69, 9.17) is 4.98 Å². The number of aromatic nitrogens is 2. The summed E-state index contributed by atoms with van der Waals surface area (Å²) in [6, 6.07) is 8.15. The number of imidazole rings is 1. The molecule has 24 heavy (non-hydrogen) atoms. The van der Waals surface area contributed by atoms with E-state index in [1.165, 1.54) is 19.3 Å². The third kappa shape index (κ3) is 2.86. The molecule has 0 bridgehead atoms. The van der Waals surface area contributed by atoms with Gasteiger partial charge in [-0.3, -0.25) is 4.79 Å². The van der Waals surface area contributed by atoms with E-state index in [0.717, 1.165) is 47.0 Å². The number of rotatable bonds is 2. The molecule has 0 radical (unpaired) electrons. The second-order valence-corrected chi connectivity index (χ2v) is 7.79. The van der Waals surface area contributed by atoms with Gasteiger partial charge in [0.25, 0.3) is 0 Å². The van der Waals surface area contributed by atoms with Crippen molar-refractivity contribution < 1.29 is 4.79 Å². The zero-order valence-corrected chi connectivity index (χ0v) is 14.9. The molecule has 2 fully saturated rings. The number of hydrogen-bond acceptors (Lipinski definition) is 3. The van der Waals surface area contributed by atoms with Crippen LogP contribution >= 0.6 is 11.8 Å². The Morgan fingerprint density at radius 1 is 1.25 bits per heavy atom. The second-order valence-electron chi connectivity index (χ2n) is 6.67. The molecule has 1 aromatic carbocycles. The van der Waals surface area contributed by atoms with E-state index in [0.29, 0.717) is 5.91 Å². The lowest BCUT2D eigenvalue weighted by Crippen LogP contribution is -2.34. The lowest BCUT2D eigenvalue weighted by Gasteiger charge is -2.26. The van der Waals surface area contributed by atoms with Gasteiger partial charge in [-0.1, -0.05) is 31.4 Å². The number of para-hydroxylation sites is 2. The SMILES string of the molecule is Cn1c(/C=C2/SCCN2C(=O)C2CCCCC2)nc2ccccc21. The number of fused-ring (bicyclic) bond motifs is 1. The van der Waals surface area contributed by atoms with Crippen molar-refractivity contribution in [3.8, 4) is 0 Å². The number of amides is 1. The average Bonchev–Trinajstić information content (AvgIpc) is 3.21. The Hall–Kier alpha value is -1.75. The van der Waals surface area contributed by atoms with Gasteiger partial charge in [0.1, 0.15) is 5.82 Å². The molecule has 2 heterocycles. The van der Waals surface area contributed by atoms with Crippen molar-refractivity contribution in [3.63, 3.8) is 0 Å². The molecule has 1 saturated heterocycles. The molecule has 5 heteroatoms. The number of carbonyl (C=O) groups excluding carboxylic acids is 1. The van der Waals surface area contributed by atoms with Crippen LogP contribution in [0.3, 0.4) is 0 Å². The van der Waals surface area contributed by atoms with Gasteiger partial charge >= 0.3 is 0 Å². The lowest BCUT2D eigenvalue weighted by molar-refractivity contribution is -0.133. The van der Waals surface area contributed by atoms with Gasteiger partial charge in [0.15, 0.2) is 0 Å². The fourth-order valence-electron chi connectivity index (χ4n) is 3.74. The standard InChI is InChI=1S/C19H23N3OS/c1-21-16-10-6-5-9-15(16)20-17(21)13-18-22(11-12-24-18)19(23)14-7-3-2-4-8-14/h5-6,9-10,13-14H,2-4,7-8,11-12H2,1H3/b18-13+. The van der Waals surface area contributed by atoms with Gasteiger partial charge in [0, 0.05) is 31.3 Å². The van der Waals surface area contributed by atoms with Crippen molar-refractivity contribution in [1.29, 1.82) is 0 Å². The zero-order chi connectivity index (χ0) is 16.5. The van der Waals surface area contributed by atoms with E-state index in [9.17, 15) is 4.79 Å². The van der Waals surface area contributed by atoms with E-state index >= 15 is 0 Å². The maximum absolute atomic E-state index is 12.9. The summed E-state index contributed by atoms with van der Waals surface area (Å²) in [5.41, 5.74) is 2.12. The molecule has 0 unspecified atom stereocenters. The highest BCUT2D eigenvalue weighted by Gasteiger charge is 2.31. The number of benzene rings is 1. The predicted molar refractivity (Wildman–Crippen MR) is 99.4 cm³/mol. The summed E-state index contributed by atoms with van der Waals surface area (Å²) in [4.78, 5) is 19.6. The number of hydrogen-bond donors (Lipinski definition) is 0. The molecular formula is C19H23N3OS. The molecule has 2 aromatic rings. The second kappa shape index (κ2) is 6.63. The first-order chi connectivity index (χ1) is 11.7. The lowest BCUT2D eigenvalue weighted by atomic mass is 9.88. The fourth-order valence-corrected chi connectivity index (χ4v) is 4.75. The van der Waals surface area contributed by atoms with Gasteiger partial charge in [-0.25, -0.2) is 4.98 Å². The highest BCUT2D eigenvalue weighted by Crippen LogP contribution is 2.34. The first kappa shape index (κ1) is 15.8. The molecular weight excluding hydrogens is 318 g/mol. The molecule has 1 aliphatic carbocycles. The van der Waals surface area contributed by atoms with Crippen molar-refractivity contribution in [2.75, 3.05) is 12.3 Å². The van der Waals surface area contributed by atoms with Crippen molar-refractivity contribution in [1.82, 2.24) is 14.5 Å². The molecule has 0 N–H and O–H groups in total. The van der Waals surface area contributed by atoms with Crippen molar-refractivity contribution in [2.24, 2.45) is 13.0 Å². The third-order valence-corrected chi connectivity index (χ3v) is 6.15. The van der Waals surface area contributed by atoms with Gasteiger partial charge in [0.05, 0.1) is 16.1 Å². The Balaban J connectivity index is 1.62. The van der Waals surface area contributed by atoms with Crippen LogP contribution in [-0.2, 0) is 11.8 Å². The van der Waals surface area contributed by atoms with E-state index in [2.05, 4.69) is 16.7 Å². The minimum Gasteiger partial charge on any atom is -0.328 e. The Labute approximate surface area is 146 Å². The third-order valence-electron chi connectivity index (χ3n) is 5.13. The maximum Gasteiger partial charge on any atom is 0.230 e. The first-order valence-electron chi connectivity index (χ1n) is 8.81. The molecule has 126 valence electrons. The van der Waals surface area contributed by atoms with Gasteiger partial charge in [-0.2, -0.15) is 0 Å². The minimum atomic E-state index is 0.223. The normalized spacial score (nSPS) is 21.0. The number of thioether (sulfide) groups is 1. The van der Waals surface area contributed by atoms with Crippen LogP contribution in [0.4, 0.5) is 0 Å². The molecule has 1 saturated carbocycles. The summed E-state index contributed by atoms with van der Waals surface area (Å²) in [6.45, 7) is 0.829. The quantitative estimate of drug-likeness (QED) is 0.828.